The van der Waals surface area contributed by atoms with Crippen LogP contribution in [-0.2, 0) is 9.47 Å². The van der Waals surface area contributed by atoms with Crippen molar-refractivity contribution in [3.8, 4) is 0 Å². The Bertz CT molecular complexity index is 393. The van der Waals surface area contributed by atoms with Gasteiger partial charge in [-0.1, -0.05) is 27.2 Å². The predicted molar refractivity (Wildman–Crippen MR) is 109 cm³/mol. The molecule has 158 valence electrons. The summed E-state index contributed by atoms with van der Waals surface area (Å²) in [5.41, 5.74) is -1.39. The van der Waals surface area contributed by atoms with Gasteiger partial charge in [0.25, 0.3) is 0 Å². The van der Waals surface area contributed by atoms with Gasteiger partial charge in [0.2, 0.25) is 0 Å². The molecule has 0 heterocycles. The lowest BCUT2D eigenvalue weighted by molar-refractivity contribution is -0.128. The number of aliphatic hydroxyl groups is 2. The maximum atomic E-state index is 10.0. The molecule has 0 aliphatic heterocycles. The second-order valence-electron chi connectivity index (χ2n) is 10.6. The summed E-state index contributed by atoms with van der Waals surface area (Å²) in [7, 11) is 0. The molecule has 0 aromatic carbocycles. The zero-order valence-corrected chi connectivity index (χ0v) is 19.1. The maximum Gasteiger partial charge on any atom is 0.0824 e. The molecule has 0 spiro atoms. The highest BCUT2D eigenvalue weighted by Gasteiger charge is 2.41. The summed E-state index contributed by atoms with van der Waals surface area (Å²) in [5.74, 6) is 0.576. The Morgan fingerprint density at radius 3 is 1.65 bits per heavy atom. The van der Waals surface area contributed by atoms with E-state index in [4.69, 9.17) is 9.47 Å². The average Bonchev–Trinajstić information content (AvgIpc) is 2.41. The lowest BCUT2D eigenvalue weighted by Crippen LogP contribution is -2.43. The molecule has 2 N–H and O–H groups in total. The summed E-state index contributed by atoms with van der Waals surface area (Å²) in [6, 6.07) is 0. The van der Waals surface area contributed by atoms with E-state index in [-0.39, 0.29) is 16.6 Å². The van der Waals surface area contributed by atoms with Crippen LogP contribution < -0.4 is 0 Å². The van der Waals surface area contributed by atoms with Crippen LogP contribution in [0.25, 0.3) is 0 Å². The van der Waals surface area contributed by atoms with E-state index in [0.29, 0.717) is 19.1 Å². The van der Waals surface area contributed by atoms with E-state index >= 15 is 0 Å². The van der Waals surface area contributed by atoms with Gasteiger partial charge >= 0.3 is 0 Å². The largest absolute Gasteiger partial charge is 0.391 e. The molecular weight excluding hydrogens is 328 g/mol. The molecule has 0 aromatic heterocycles. The van der Waals surface area contributed by atoms with Crippen molar-refractivity contribution in [1.29, 1.82) is 0 Å². The molecule has 0 fully saturated rings. The Hall–Kier alpha value is -0.160. The zero-order chi connectivity index (χ0) is 20.8. The van der Waals surface area contributed by atoms with Crippen molar-refractivity contribution in [2.45, 2.75) is 118 Å². The first kappa shape index (κ1) is 25.8. The van der Waals surface area contributed by atoms with Gasteiger partial charge in [0.05, 0.1) is 36.1 Å². The van der Waals surface area contributed by atoms with Gasteiger partial charge < -0.3 is 19.7 Å². The van der Waals surface area contributed by atoms with Gasteiger partial charge in [-0.25, -0.2) is 0 Å². The number of rotatable bonds is 13. The lowest BCUT2D eigenvalue weighted by atomic mass is 9.66. The number of hydrogen-bond donors (Lipinski definition) is 2. The van der Waals surface area contributed by atoms with Crippen molar-refractivity contribution in [3.05, 3.63) is 0 Å². The molecule has 4 nitrogen and oxygen atoms in total. The molecule has 2 unspecified atom stereocenters. The third-order valence-corrected chi connectivity index (χ3v) is 4.72. The fourth-order valence-electron chi connectivity index (χ4n) is 4.09. The van der Waals surface area contributed by atoms with Gasteiger partial charge in [-0.2, -0.15) is 0 Å². The van der Waals surface area contributed by atoms with Crippen LogP contribution in [-0.4, -0.2) is 46.3 Å². The first-order valence-corrected chi connectivity index (χ1v) is 10.2. The van der Waals surface area contributed by atoms with Gasteiger partial charge in [-0.15, -0.1) is 0 Å². The smallest absolute Gasteiger partial charge is 0.0824 e. The predicted octanol–water partition coefficient (Wildman–Crippen LogP) is 4.95. The molecule has 0 aliphatic rings. The third kappa shape index (κ3) is 11.5. The molecule has 4 heteroatoms. The van der Waals surface area contributed by atoms with Gasteiger partial charge in [-0.05, 0) is 79.1 Å². The van der Waals surface area contributed by atoms with Gasteiger partial charge in [0.1, 0.15) is 0 Å². The number of ether oxygens (including phenoxy) is 2. The maximum absolute atomic E-state index is 10.0. The summed E-state index contributed by atoms with van der Waals surface area (Å²) >= 11 is 0. The first-order valence-electron chi connectivity index (χ1n) is 10.2. The van der Waals surface area contributed by atoms with Crippen molar-refractivity contribution in [2.24, 2.45) is 11.3 Å². The van der Waals surface area contributed by atoms with Crippen molar-refractivity contribution in [1.82, 2.24) is 0 Å². The Kier molecular flexibility index (Phi) is 9.80. The number of aliphatic hydroxyl groups excluding tert-OH is 1. The summed E-state index contributed by atoms with van der Waals surface area (Å²) in [4.78, 5) is 0. The molecule has 2 atom stereocenters. The molecule has 0 saturated heterocycles. The summed E-state index contributed by atoms with van der Waals surface area (Å²) in [6.07, 6.45) is 3.51. The highest BCUT2D eigenvalue weighted by Crippen LogP contribution is 2.46. The molecule has 0 amide bonds. The molecule has 0 aromatic rings. The third-order valence-electron chi connectivity index (χ3n) is 4.72. The summed E-state index contributed by atoms with van der Waals surface area (Å²) in [6.45, 7) is 21.2. The van der Waals surface area contributed by atoms with E-state index in [1.54, 1.807) is 20.8 Å². The summed E-state index contributed by atoms with van der Waals surface area (Å²) in [5, 5.41) is 19.6. The van der Waals surface area contributed by atoms with E-state index in [0.717, 1.165) is 25.7 Å². The molecule has 26 heavy (non-hydrogen) atoms. The average molecular weight is 375 g/mol. The van der Waals surface area contributed by atoms with E-state index in [1.807, 2.05) is 0 Å². The second-order valence-corrected chi connectivity index (χ2v) is 10.6. The Balaban J connectivity index is 5.34. The van der Waals surface area contributed by atoms with Gasteiger partial charge in [0, 0.05) is 0 Å². The van der Waals surface area contributed by atoms with Crippen LogP contribution in [0.5, 0.6) is 0 Å². The van der Waals surface area contributed by atoms with Crippen LogP contribution in [0.3, 0.4) is 0 Å². The Morgan fingerprint density at radius 1 is 0.846 bits per heavy atom. The summed E-state index contributed by atoms with van der Waals surface area (Å²) < 4.78 is 12.1. The topological polar surface area (TPSA) is 58.9 Å². The zero-order valence-electron chi connectivity index (χ0n) is 19.1. The van der Waals surface area contributed by atoms with Gasteiger partial charge in [0.15, 0.2) is 0 Å². The van der Waals surface area contributed by atoms with Crippen LogP contribution in [0.2, 0.25) is 0 Å². The van der Waals surface area contributed by atoms with Crippen molar-refractivity contribution < 1.29 is 19.7 Å². The molecule has 0 aliphatic carbocycles. The van der Waals surface area contributed by atoms with E-state index in [1.165, 1.54) is 0 Å². The quantitative estimate of drug-likeness (QED) is 0.479. The van der Waals surface area contributed by atoms with Crippen LogP contribution in [0.4, 0.5) is 0 Å². The highest BCUT2D eigenvalue weighted by atomic mass is 16.5. The fraction of sp³-hybridized carbons (Fsp3) is 1.00. The van der Waals surface area contributed by atoms with Crippen LogP contribution >= 0.6 is 0 Å². The Morgan fingerprint density at radius 2 is 1.31 bits per heavy atom. The first-order chi connectivity index (χ1) is 11.5. The van der Waals surface area contributed by atoms with Gasteiger partial charge in [-0.3, -0.25) is 0 Å². The molecule has 0 rings (SSSR count). The van der Waals surface area contributed by atoms with Crippen LogP contribution in [0.1, 0.15) is 94.9 Å². The standard InChI is InChI=1S/C22H46O4/c1-11-22(12-17(2)3,14-20(7,8)25-13-18(4)23)15-21(9,10)26-16-19(5,6)24/h17-18,23-24H,11-16H2,1-10H3. The minimum absolute atomic E-state index is 0.0828. The highest BCUT2D eigenvalue weighted by molar-refractivity contribution is 4.92. The normalized spacial score (nSPS) is 17.4. The Labute approximate surface area is 162 Å². The SMILES string of the molecule is CCC(CC(C)C)(CC(C)(C)OCC(C)O)CC(C)(C)OCC(C)(C)O. The van der Waals surface area contributed by atoms with Crippen LogP contribution in [0.15, 0.2) is 0 Å². The molecule has 0 bridgehead atoms. The van der Waals surface area contributed by atoms with E-state index in [2.05, 4.69) is 48.5 Å². The molecule has 0 radical (unpaired) electrons. The van der Waals surface area contributed by atoms with E-state index < -0.39 is 11.7 Å². The fourth-order valence-corrected chi connectivity index (χ4v) is 4.09. The van der Waals surface area contributed by atoms with Crippen molar-refractivity contribution in [3.63, 3.8) is 0 Å². The minimum atomic E-state index is -0.830. The monoisotopic (exact) mass is 374 g/mol. The van der Waals surface area contributed by atoms with Crippen molar-refractivity contribution in [2.75, 3.05) is 13.2 Å². The van der Waals surface area contributed by atoms with Crippen LogP contribution in [0, 0.1) is 11.3 Å². The lowest BCUT2D eigenvalue weighted by Gasteiger charge is -2.45. The van der Waals surface area contributed by atoms with E-state index in [9.17, 15) is 10.2 Å². The van der Waals surface area contributed by atoms with Crippen molar-refractivity contribution >= 4 is 0 Å². The molecular formula is C22H46O4. The second kappa shape index (κ2) is 9.86. The minimum Gasteiger partial charge on any atom is -0.391 e. The molecule has 0 saturated carbocycles. The number of hydrogen-bond acceptors (Lipinski definition) is 4.